The molecule has 4 N–H and O–H groups in total. The maximum atomic E-state index is 11.2. The highest BCUT2D eigenvalue weighted by atomic mass is 32.2. The fraction of sp³-hybridized carbons (Fsp3) is 0.818. The summed E-state index contributed by atoms with van der Waals surface area (Å²) >= 11 is 6.30. The molecule has 5 atom stereocenters. The molecule has 0 aliphatic carbocycles. The Balaban J connectivity index is 2.88. The molecule has 0 spiro atoms. The van der Waals surface area contributed by atoms with Gasteiger partial charge in [-0.05, 0) is 0 Å². The first-order valence-corrected chi connectivity index (χ1v) is 7.34. The molecular weight excluding hydrogens is 304 g/mol. The predicted molar refractivity (Wildman–Crippen MR) is 79.2 cm³/mol. The maximum absolute atomic E-state index is 11.2. The first-order valence-electron chi connectivity index (χ1n) is 6.05. The van der Waals surface area contributed by atoms with Gasteiger partial charge >= 0.3 is 0 Å². The zero-order chi connectivity index (χ0) is 15.4. The highest BCUT2D eigenvalue weighted by molar-refractivity contribution is 8.23. The van der Waals surface area contributed by atoms with Crippen molar-refractivity contribution in [3.8, 4) is 0 Å². The Kier molecular flexibility index (Phi) is 6.62. The molecule has 0 aromatic heterocycles. The Morgan fingerprint density at radius 1 is 1.40 bits per heavy atom. The zero-order valence-electron chi connectivity index (χ0n) is 11.5. The topological polar surface area (TPSA) is 102 Å². The number of nitrogens with zero attached hydrogens (tertiary/aromatic N) is 1. The van der Waals surface area contributed by atoms with E-state index in [1.165, 1.54) is 6.92 Å². The third-order valence-corrected chi connectivity index (χ3v) is 4.69. The van der Waals surface area contributed by atoms with Gasteiger partial charge < -0.3 is 30.3 Å². The van der Waals surface area contributed by atoms with Gasteiger partial charge in [-0.15, -0.1) is 0 Å². The van der Waals surface area contributed by atoms with E-state index < -0.39 is 36.4 Å². The number of hydrogen-bond donors (Lipinski definition) is 4. The van der Waals surface area contributed by atoms with Gasteiger partial charge in [0.15, 0.2) is 0 Å². The first-order chi connectivity index (χ1) is 9.27. The van der Waals surface area contributed by atoms with Crippen molar-refractivity contribution < 1.29 is 24.9 Å². The summed E-state index contributed by atoms with van der Waals surface area (Å²) in [5, 5.41) is 31.6. The fourth-order valence-corrected chi connectivity index (χ4v) is 3.04. The largest absolute Gasteiger partial charge is 0.394 e. The predicted octanol–water partition coefficient (Wildman–Crippen LogP) is -1.49. The Hall–Kier alpha value is -0.450. The van der Waals surface area contributed by atoms with Crippen LogP contribution in [0.2, 0.25) is 0 Å². The van der Waals surface area contributed by atoms with Crippen LogP contribution in [-0.4, -0.2) is 80.9 Å². The van der Waals surface area contributed by atoms with Crippen LogP contribution in [0.25, 0.3) is 0 Å². The van der Waals surface area contributed by atoms with E-state index >= 15 is 0 Å². The second-order valence-electron chi connectivity index (χ2n) is 4.71. The summed E-state index contributed by atoms with van der Waals surface area (Å²) in [5.74, 6) is -0.353. The molecule has 0 saturated carbocycles. The number of carbonyl (C=O) groups excluding carboxylic acids is 1. The molecule has 7 nitrogen and oxygen atoms in total. The zero-order valence-corrected chi connectivity index (χ0v) is 13.1. The number of aliphatic hydroxyl groups excluding tert-OH is 3. The van der Waals surface area contributed by atoms with E-state index in [1.807, 2.05) is 0 Å². The number of amides is 1. The monoisotopic (exact) mass is 324 g/mol. The lowest BCUT2D eigenvalue weighted by Crippen LogP contribution is -2.63. The van der Waals surface area contributed by atoms with Crippen LogP contribution in [0.3, 0.4) is 0 Å². The standard InChI is InChI=1S/C11H20N2O5S2/c1-5(15)12-7-9(17)8(16)6(4-14)18-10(7)20-11(19)13(2)3/h6-10,14,16-17H,4H2,1-3H3,(H,12,15)/t6-,7-,8-,9-,10+/m1/s1. The minimum absolute atomic E-state index is 0.353. The molecule has 1 aliphatic heterocycles. The van der Waals surface area contributed by atoms with Gasteiger partial charge in [-0.2, -0.15) is 0 Å². The van der Waals surface area contributed by atoms with Crippen molar-refractivity contribution in [3.63, 3.8) is 0 Å². The van der Waals surface area contributed by atoms with Gasteiger partial charge in [0.25, 0.3) is 0 Å². The molecule has 116 valence electrons. The van der Waals surface area contributed by atoms with E-state index in [0.29, 0.717) is 4.32 Å². The molecule has 1 fully saturated rings. The average Bonchev–Trinajstić information content (AvgIpc) is 2.37. The van der Waals surface area contributed by atoms with E-state index in [4.69, 9.17) is 17.0 Å². The molecule has 9 heteroatoms. The summed E-state index contributed by atoms with van der Waals surface area (Å²) in [5.41, 5.74) is -0.690. The number of hydrogen-bond acceptors (Lipinski definition) is 7. The van der Waals surface area contributed by atoms with Crippen LogP contribution >= 0.6 is 24.0 Å². The van der Waals surface area contributed by atoms with Crippen molar-refractivity contribution in [1.82, 2.24) is 10.2 Å². The molecule has 0 bridgehead atoms. The van der Waals surface area contributed by atoms with Crippen molar-refractivity contribution in [3.05, 3.63) is 0 Å². The summed E-state index contributed by atoms with van der Waals surface area (Å²) in [7, 11) is 3.53. The summed E-state index contributed by atoms with van der Waals surface area (Å²) in [6.45, 7) is 0.875. The highest BCUT2D eigenvalue weighted by Crippen LogP contribution is 2.29. The second-order valence-corrected chi connectivity index (χ2v) is 6.44. The Morgan fingerprint density at radius 2 is 2.00 bits per heavy atom. The number of rotatable bonds is 3. The van der Waals surface area contributed by atoms with Crippen LogP contribution in [0.15, 0.2) is 0 Å². The normalized spacial score (nSPS) is 33.6. The fourth-order valence-electron chi connectivity index (χ4n) is 1.78. The molecule has 0 unspecified atom stereocenters. The van der Waals surface area contributed by atoms with Crippen LogP contribution in [-0.2, 0) is 9.53 Å². The van der Waals surface area contributed by atoms with Crippen LogP contribution in [0.5, 0.6) is 0 Å². The minimum Gasteiger partial charge on any atom is -0.394 e. The number of thiocarbonyl (C=S) groups is 1. The third-order valence-electron chi connectivity index (χ3n) is 2.83. The van der Waals surface area contributed by atoms with Crippen molar-refractivity contribution in [2.45, 2.75) is 36.7 Å². The Bertz CT molecular complexity index is 369. The lowest BCUT2D eigenvalue weighted by Gasteiger charge is -2.42. The molecule has 0 aromatic carbocycles. The average molecular weight is 324 g/mol. The smallest absolute Gasteiger partial charge is 0.217 e. The molecular formula is C11H20N2O5S2. The van der Waals surface area contributed by atoms with Gasteiger partial charge in [-0.1, -0.05) is 24.0 Å². The van der Waals surface area contributed by atoms with E-state index in [9.17, 15) is 20.1 Å². The van der Waals surface area contributed by atoms with Gasteiger partial charge in [0.1, 0.15) is 28.1 Å². The van der Waals surface area contributed by atoms with Crippen molar-refractivity contribution in [2.24, 2.45) is 0 Å². The van der Waals surface area contributed by atoms with Crippen molar-refractivity contribution in [1.29, 1.82) is 0 Å². The lowest BCUT2D eigenvalue weighted by molar-refractivity contribution is -0.173. The van der Waals surface area contributed by atoms with Gasteiger partial charge in [-0.3, -0.25) is 4.79 Å². The molecule has 1 saturated heterocycles. The van der Waals surface area contributed by atoms with E-state index in [2.05, 4.69) is 5.32 Å². The van der Waals surface area contributed by atoms with Gasteiger partial charge in [0, 0.05) is 21.0 Å². The highest BCUT2D eigenvalue weighted by Gasteiger charge is 2.45. The van der Waals surface area contributed by atoms with E-state index in [0.717, 1.165) is 11.8 Å². The number of aliphatic hydroxyl groups is 3. The molecule has 0 aromatic rings. The number of thioether (sulfide) groups is 1. The Morgan fingerprint density at radius 3 is 2.45 bits per heavy atom. The quantitative estimate of drug-likeness (QED) is 0.466. The molecule has 1 heterocycles. The second kappa shape index (κ2) is 7.53. The molecule has 1 rings (SSSR count). The number of carbonyl (C=O) groups is 1. The summed E-state index contributed by atoms with van der Waals surface area (Å²) in [4.78, 5) is 12.9. The molecule has 1 amide bonds. The molecule has 20 heavy (non-hydrogen) atoms. The lowest BCUT2D eigenvalue weighted by atomic mass is 9.98. The summed E-state index contributed by atoms with van der Waals surface area (Å²) in [6, 6.07) is -0.812. The minimum atomic E-state index is -1.28. The van der Waals surface area contributed by atoms with Crippen LogP contribution in [0.1, 0.15) is 6.92 Å². The number of ether oxygens (including phenoxy) is 1. The van der Waals surface area contributed by atoms with Crippen LogP contribution < -0.4 is 5.32 Å². The molecule has 1 aliphatic rings. The van der Waals surface area contributed by atoms with Crippen LogP contribution in [0.4, 0.5) is 0 Å². The maximum Gasteiger partial charge on any atom is 0.217 e. The first kappa shape index (κ1) is 17.6. The summed E-state index contributed by atoms with van der Waals surface area (Å²) < 4.78 is 6.03. The SMILES string of the molecule is CC(=O)N[C@@H]1[C@@H](O)[C@H](O)[C@@H](CO)O[C@H]1SC(=S)N(C)C. The van der Waals surface area contributed by atoms with E-state index in [1.54, 1.807) is 19.0 Å². The van der Waals surface area contributed by atoms with Gasteiger partial charge in [-0.25, -0.2) is 0 Å². The number of nitrogens with one attached hydrogen (secondary N) is 1. The Labute approximate surface area is 127 Å². The van der Waals surface area contributed by atoms with Crippen LogP contribution in [0, 0.1) is 0 Å². The van der Waals surface area contributed by atoms with Gasteiger partial charge in [0.2, 0.25) is 5.91 Å². The van der Waals surface area contributed by atoms with Crippen molar-refractivity contribution in [2.75, 3.05) is 20.7 Å². The summed E-state index contributed by atoms with van der Waals surface area (Å²) in [6.07, 6.45) is -3.44. The van der Waals surface area contributed by atoms with Gasteiger partial charge in [0.05, 0.1) is 12.6 Å². The third kappa shape index (κ3) is 4.27. The molecule has 0 radical (unpaired) electrons. The van der Waals surface area contributed by atoms with Crippen molar-refractivity contribution >= 4 is 34.2 Å². The van der Waals surface area contributed by atoms with E-state index in [-0.39, 0.29) is 5.91 Å².